The molecule has 0 fully saturated rings. The number of hydrogen-bond donors (Lipinski definition) is 2. The van der Waals surface area contributed by atoms with Gasteiger partial charge in [0.15, 0.2) is 0 Å². The lowest BCUT2D eigenvalue weighted by atomic mass is 10.1. The van der Waals surface area contributed by atoms with Crippen molar-refractivity contribution in [1.82, 2.24) is 9.88 Å². The van der Waals surface area contributed by atoms with E-state index >= 15 is 0 Å². The van der Waals surface area contributed by atoms with Crippen molar-refractivity contribution in [2.24, 2.45) is 0 Å². The lowest BCUT2D eigenvalue weighted by Crippen LogP contribution is -2.31. The van der Waals surface area contributed by atoms with E-state index in [0.717, 1.165) is 10.9 Å². The number of anilines is 1. The number of thiophene rings is 1. The van der Waals surface area contributed by atoms with Gasteiger partial charge in [0.2, 0.25) is 11.8 Å². The smallest absolute Gasteiger partial charge is 0.246 e. The first-order valence-electron chi connectivity index (χ1n) is 7.13. The molecule has 7 heteroatoms. The Labute approximate surface area is 150 Å². The molecule has 24 heavy (non-hydrogen) atoms. The van der Waals surface area contributed by atoms with Crippen LogP contribution in [0.5, 0.6) is 5.88 Å². The standard InChI is InChI=1S/C17H17N3O2S.ClH/c1-20(2)15(12-6-8-23-10-12)17(22)19-13-3-4-14-11(9-13)5-7-18-16(14)21;/h3-10,15H,1-2H3,(H,18,21)(H,19,22);1H/t15-;/m0./s1. The molecule has 0 saturated carbocycles. The van der Waals surface area contributed by atoms with E-state index in [1.165, 1.54) is 6.20 Å². The number of rotatable bonds is 4. The minimum Gasteiger partial charge on any atom is -0.493 e. The van der Waals surface area contributed by atoms with Crippen LogP contribution < -0.4 is 5.32 Å². The Balaban J connectivity index is 0.00000208. The predicted molar refractivity (Wildman–Crippen MR) is 100 cm³/mol. The normalized spacial score (nSPS) is 12.0. The van der Waals surface area contributed by atoms with E-state index in [1.807, 2.05) is 41.9 Å². The second-order valence-corrected chi connectivity index (χ2v) is 6.26. The number of pyridine rings is 1. The molecule has 3 aromatic rings. The molecule has 126 valence electrons. The van der Waals surface area contributed by atoms with Crippen molar-refractivity contribution in [3.05, 3.63) is 52.9 Å². The molecule has 3 rings (SSSR count). The highest BCUT2D eigenvalue weighted by molar-refractivity contribution is 7.08. The molecule has 0 aliphatic heterocycles. The number of nitrogens with zero attached hydrogens (tertiary/aromatic N) is 2. The van der Waals surface area contributed by atoms with Crippen LogP contribution in [0.1, 0.15) is 11.6 Å². The number of benzene rings is 1. The fourth-order valence-electron chi connectivity index (χ4n) is 2.56. The molecule has 0 aliphatic carbocycles. The van der Waals surface area contributed by atoms with Gasteiger partial charge in [0.25, 0.3) is 0 Å². The van der Waals surface area contributed by atoms with E-state index in [0.29, 0.717) is 11.1 Å². The van der Waals surface area contributed by atoms with Gasteiger partial charge < -0.3 is 10.4 Å². The summed E-state index contributed by atoms with van der Waals surface area (Å²) in [7, 11) is 3.76. The highest BCUT2D eigenvalue weighted by Gasteiger charge is 2.23. The molecule has 1 amide bonds. The van der Waals surface area contributed by atoms with Gasteiger partial charge in [0, 0.05) is 17.3 Å². The number of carbonyl (C=O) groups is 1. The van der Waals surface area contributed by atoms with Crippen LogP contribution in [-0.4, -0.2) is 35.0 Å². The lowest BCUT2D eigenvalue weighted by Gasteiger charge is -2.22. The maximum atomic E-state index is 12.6. The van der Waals surface area contributed by atoms with E-state index in [9.17, 15) is 9.90 Å². The van der Waals surface area contributed by atoms with Crippen LogP contribution >= 0.6 is 23.7 Å². The average molecular weight is 364 g/mol. The number of aromatic hydroxyl groups is 1. The molecule has 0 aliphatic rings. The fraction of sp³-hybridized carbons (Fsp3) is 0.176. The SMILES string of the molecule is CN(C)[C@H](C(=O)Nc1ccc2c(O)nccc2c1)c1ccsc1.Cl. The summed E-state index contributed by atoms with van der Waals surface area (Å²) in [6.07, 6.45) is 1.54. The number of nitrogens with one attached hydrogen (secondary N) is 1. The van der Waals surface area contributed by atoms with Crippen molar-refractivity contribution in [1.29, 1.82) is 0 Å². The number of hydrogen-bond acceptors (Lipinski definition) is 5. The van der Waals surface area contributed by atoms with Crippen molar-refractivity contribution in [2.45, 2.75) is 6.04 Å². The van der Waals surface area contributed by atoms with Crippen LogP contribution in [0, 0.1) is 0 Å². The number of likely N-dealkylation sites (N-methyl/N-ethyl adjacent to an activating group) is 1. The Bertz CT molecular complexity index is 837. The Morgan fingerprint density at radius 3 is 2.75 bits per heavy atom. The minimum atomic E-state index is -0.345. The van der Waals surface area contributed by atoms with Gasteiger partial charge in [-0.05, 0) is 66.1 Å². The third kappa shape index (κ3) is 3.67. The first-order chi connectivity index (χ1) is 11.1. The maximum absolute atomic E-state index is 12.6. The Morgan fingerprint density at radius 2 is 2.08 bits per heavy atom. The van der Waals surface area contributed by atoms with E-state index in [4.69, 9.17) is 0 Å². The zero-order valence-corrected chi connectivity index (χ0v) is 14.9. The zero-order valence-electron chi connectivity index (χ0n) is 13.3. The number of carbonyl (C=O) groups excluding carboxylic acids is 1. The highest BCUT2D eigenvalue weighted by Crippen LogP contribution is 2.27. The first kappa shape index (κ1) is 18.2. The van der Waals surface area contributed by atoms with Gasteiger partial charge in [-0.15, -0.1) is 12.4 Å². The molecule has 1 aromatic carbocycles. The molecule has 0 bridgehead atoms. The molecule has 0 spiro atoms. The third-order valence-corrected chi connectivity index (χ3v) is 4.34. The molecule has 5 nitrogen and oxygen atoms in total. The largest absolute Gasteiger partial charge is 0.493 e. The van der Waals surface area contributed by atoms with E-state index < -0.39 is 0 Å². The third-order valence-electron chi connectivity index (χ3n) is 3.63. The van der Waals surface area contributed by atoms with Crippen molar-refractivity contribution in [3.8, 4) is 5.88 Å². The summed E-state index contributed by atoms with van der Waals surface area (Å²) in [4.78, 5) is 18.4. The van der Waals surface area contributed by atoms with Crippen molar-refractivity contribution in [2.75, 3.05) is 19.4 Å². The molecular weight excluding hydrogens is 346 g/mol. The van der Waals surface area contributed by atoms with Crippen molar-refractivity contribution >= 4 is 46.1 Å². The second-order valence-electron chi connectivity index (χ2n) is 5.48. The molecule has 1 atom stereocenters. The Hall–Kier alpha value is -2.15. The molecule has 2 aromatic heterocycles. The first-order valence-corrected chi connectivity index (χ1v) is 8.07. The summed E-state index contributed by atoms with van der Waals surface area (Å²) in [6, 6.07) is 8.76. The van der Waals surface area contributed by atoms with Crippen LogP contribution in [0.2, 0.25) is 0 Å². The summed E-state index contributed by atoms with van der Waals surface area (Å²) >= 11 is 1.57. The summed E-state index contributed by atoms with van der Waals surface area (Å²) in [5.41, 5.74) is 1.66. The zero-order chi connectivity index (χ0) is 16.4. The molecular formula is C17H18ClN3O2S. The minimum absolute atomic E-state index is 0. The average Bonchev–Trinajstić information content (AvgIpc) is 3.01. The quantitative estimate of drug-likeness (QED) is 0.742. The monoisotopic (exact) mass is 363 g/mol. The fourth-order valence-corrected chi connectivity index (χ4v) is 3.24. The van der Waals surface area contributed by atoms with Gasteiger partial charge in [-0.1, -0.05) is 0 Å². The van der Waals surface area contributed by atoms with Gasteiger partial charge in [0.1, 0.15) is 6.04 Å². The van der Waals surface area contributed by atoms with Gasteiger partial charge >= 0.3 is 0 Å². The summed E-state index contributed by atoms with van der Waals surface area (Å²) in [5, 5.41) is 18.1. The molecule has 2 heterocycles. The van der Waals surface area contributed by atoms with Crippen LogP contribution in [-0.2, 0) is 4.79 Å². The van der Waals surface area contributed by atoms with E-state index in [1.54, 1.807) is 29.5 Å². The number of halogens is 1. The van der Waals surface area contributed by atoms with Crippen LogP contribution in [0.15, 0.2) is 47.3 Å². The topological polar surface area (TPSA) is 65.5 Å². The second kappa shape index (κ2) is 7.61. The maximum Gasteiger partial charge on any atom is 0.246 e. The molecule has 2 N–H and O–H groups in total. The molecule has 0 saturated heterocycles. The van der Waals surface area contributed by atoms with Gasteiger partial charge in [-0.3, -0.25) is 9.69 Å². The van der Waals surface area contributed by atoms with Crippen LogP contribution in [0.3, 0.4) is 0 Å². The van der Waals surface area contributed by atoms with Gasteiger partial charge in [-0.2, -0.15) is 11.3 Å². The summed E-state index contributed by atoms with van der Waals surface area (Å²) < 4.78 is 0. The van der Waals surface area contributed by atoms with Gasteiger partial charge in [0.05, 0.1) is 0 Å². The predicted octanol–water partition coefficient (Wildman–Crippen LogP) is 3.67. The number of amides is 1. The lowest BCUT2D eigenvalue weighted by molar-refractivity contribution is -0.120. The van der Waals surface area contributed by atoms with Crippen LogP contribution in [0.4, 0.5) is 5.69 Å². The number of fused-ring (bicyclic) bond motifs is 1. The van der Waals surface area contributed by atoms with Crippen molar-refractivity contribution < 1.29 is 9.90 Å². The molecule has 0 radical (unpaired) electrons. The Kier molecular flexibility index (Phi) is 5.77. The summed E-state index contributed by atoms with van der Waals surface area (Å²) in [6.45, 7) is 0. The van der Waals surface area contributed by atoms with E-state index in [2.05, 4.69) is 10.3 Å². The molecule has 0 unspecified atom stereocenters. The van der Waals surface area contributed by atoms with E-state index in [-0.39, 0.29) is 30.2 Å². The van der Waals surface area contributed by atoms with Crippen LogP contribution in [0.25, 0.3) is 10.8 Å². The Morgan fingerprint density at radius 1 is 1.29 bits per heavy atom. The van der Waals surface area contributed by atoms with Gasteiger partial charge in [-0.25, -0.2) is 4.98 Å². The summed E-state index contributed by atoms with van der Waals surface area (Å²) in [5.74, 6) is -0.101. The number of aromatic nitrogens is 1. The van der Waals surface area contributed by atoms with Crippen molar-refractivity contribution in [3.63, 3.8) is 0 Å². The highest BCUT2D eigenvalue weighted by atomic mass is 35.5.